The Morgan fingerprint density at radius 2 is 1.60 bits per heavy atom. The van der Waals surface area contributed by atoms with Crippen molar-refractivity contribution in [1.82, 2.24) is 0 Å². The molecular formula is C30H22F3N3O4. The van der Waals surface area contributed by atoms with E-state index in [1.165, 1.54) is 24.3 Å². The molecule has 40 heavy (non-hydrogen) atoms. The van der Waals surface area contributed by atoms with Crippen molar-refractivity contribution in [3.63, 3.8) is 0 Å². The zero-order valence-corrected chi connectivity index (χ0v) is 21.2. The summed E-state index contributed by atoms with van der Waals surface area (Å²) in [6.45, 7) is 3.56. The Morgan fingerprint density at radius 3 is 2.27 bits per heavy atom. The summed E-state index contributed by atoms with van der Waals surface area (Å²) in [5, 5.41) is 26.8. The molecule has 0 spiro atoms. The Kier molecular flexibility index (Phi) is 6.54. The number of carbonyl (C=O) groups excluding carboxylic acids is 1. The van der Waals surface area contributed by atoms with Crippen LogP contribution in [0, 0.1) is 13.8 Å². The van der Waals surface area contributed by atoms with E-state index in [4.69, 9.17) is 0 Å². The highest BCUT2D eigenvalue weighted by Crippen LogP contribution is 2.45. The van der Waals surface area contributed by atoms with E-state index in [9.17, 15) is 33.0 Å². The number of hydrazone groups is 1. The minimum atomic E-state index is -4.67. The van der Waals surface area contributed by atoms with Crippen LogP contribution in [0.1, 0.15) is 32.6 Å². The first-order valence-corrected chi connectivity index (χ1v) is 12.1. The maximum Gasteiger partial charge on any atom is 0.417 e. The van der Waals surface area contributed by atoms with Crippen molar-refractivity contribution in [1.29, 1.82) is 0 Å². The first kappa shape index (κ1) is 26.5. The number of nitrogens with zero attached hydrogens (tertiary/aromatic N) is 1. The number of phenols is 1. The van der Waals surface area contributed by atoms with Crippen LogP contribution in [0.15, 0.2) is 77.9 Å². The third kappa shape index (κ3) is 4.86. The molecule has 1 aliphatic heterocycles. The highest BCUT2D eigenvalue weighted by molar-refractivity contribution is 6.54. The van der Waals surface area contributed by atoms with Crippen molar-refractivity contribution in [2.75, 3.05) is 10.7 Å². The number of fused-ring (bicyclic) bond motifs is 1. The summed E-state index contributed by atoms with van der Waals surface area (Å²) in [4.78, 5) is 24.3. The van der Waals surface area contributed by atoms with Gasteiger partial charge in [0.2, 0.25) is 0 Å². The van der Waals surface area contributed by atoms with E-state index >= 15 is 0 Å². The van der Waals surface area contributed by atoms with Gasteiger partial charge in [-0.3, -0.25) is 10.2 Å². The molecule has 0 saturated heterocycles. The number of phenolic OH excluding ortho intramolecular Hbond substituents is 1. The maximum absolute atomic E-state index is 14.0. The minimum Gasteiger partial charge on any atom is -0.505 e. The minimum absolute atomic E-state index is 0.00571. The van der Waals surface area contributed by atoms with Gasteiger partial charge in [0.15, 0.2) is 5.71 Å². The lowest BCUT2D eigenvalue weighted by molar-refractivity contribution is -0.137. The van der Waals surface area contributed by atoms with Gasteiger partial charge in [0, 0.05) is 16.7 Å². The molecule has 0 aliphatic carbocycles. The highest BCUT2D eigenvalue weighted by Gasteiger charge is 2.39. The van der Waals surface area contributed by atoms with Crippen molar-refractivity contribution in [2.45, 2.75) is 20.0 Å². The number of hydrogen-bond acceptors (Lipinski definition) is 5. The number of aromatic carboxylic acids is 1. The number of carbonyl (C=O) groups is 2. The molecule has 4 N–H and O–H groups in total. The lowest BCUT2D eigenvalue weighted by atomic mass is 9.92. The van der Waals surface area contributed by atoms with Crippen LogP contribution in [0.4, 0.5) is 24.5 Å². The summed E-state index contributed by atoms with van der Waals surface area (Å²) < 4.78 is 42.1. The topological polar surface area (TPSA) is 111 Å². The zero-order valence-electron chi connectivity index (χ0n) is 21.2. The predicted molar refractivity (Wildman–Crippen MR) is 146 cm³/mol. The van der Waals surface area contributed by atoms with E-state index < -0.39 is 23.6 Å². The molecule has 0 aromatic heterocycles. The summed E-state index contributed by atoms with van der Waals surface area (Å²) in [5.41, 5.74) is 4.34. The van der Waals surface area contributed by atoms with Crippen LogP contribution in [-0.2, 0) is 11.0 Å². The van der Waals surface area contributed by atoms with Crippen molar-refractivity contribution in [2.24, 2.45) is 5.10 Å². The maximum atomic E-state index is 14.0. The van der Waals surface area contributed by atoms with E-state index in [-0.39, 0.29) is 39.5 Å². The first-order valence-electron chi connectivity index (χ1n) is 12.1. The Labute approximate surface area is 226 Å². The van der Waals surface area contributed by atoms with Gasteiger partial charge in [-0.25, -0.2) is 4.79 Å². The Bertz CT molecular complexity index is 1710. The summed E-state index contributed by atoms with van der Waals surface area (Å²) in [5.74, 6) is -2.09. The smallest absolute Gasteiger partial charge is 0.417 e. The van der Waals surface area contributed by atoms with Gasteiger partial charge in [0.1, 0.15) is 5.75 Å². The highest BCUT2D eigenvalue weighted by atomic mass is 19.4. The molecule has 0 atom stereocenters. The largest absolute Gasteiger partial charge is 0.505 e. The molecule has 0 fully saturated rings. The second kappa shape index (κ2) is 9.88. The summed E-state index contributed by atoms with van der Waals surface area (Å²) in [6, 6.07) is 17.9. The molecule has 0 saturated carbocycles. The predicted octanol–water partition coefficient (Wildman–Crippen LogP) is 6.83. The fourth-order valence-electron chi connectivity index (χ4n) is 4.79. The molecule has 5 rings (SSSR count). The van der Waals surface area contributed by atoms with Gasteiger partial charge in [0.05, 0.1) is 22.5 Å². The van der Waals surface area contributed by atoms with Crippen LogP contribution in [-0.4, -0.2) is 27.8 Å². The van der Waals surface area contributed by atoms with Crippen LogP contribution in [0.25, 0.3) is 22.3 Å². The van der Waals surface area contributed by atoms with Gasteiger partial charge in [-0.2, -0.15) is 18.3 Å². The number of anilines is 2. The number of carboxylic acid groups (broad SMARTS) is 1. The number of alkyl halides is 3. The number of aromatic hydroxyl groups is 1. The third-order valence-electron chi connectivity index (χ3n) is 6.47. The average molecular weight is 546 g/mol. The number of benzene rings is 4. The van der Waals surface area contributed by atoms with Gasteiger partial charge in [0.25, 0.3) is 5.91 Å². The molecule has 202 valence electrons. The molecule has 1 heterocycles. The van der Waals surface area contributed by atoms with Crippen molar-refractivity contribution < 1.29 is 33.0 Å². The molecular weight excluding hydrogens is 523 g/mol. The molecule has 10 heteroatoms. The molecule has 1 amide bonds. The summed E-state index contributed by atoms with van der Waals surface area (Å²) in [7, 11) is 0. The number of nitrogens with one attached hydrogen (secondary N) is 2. The molecule has 0 radical (unpaired) electrons. The van der Waals surface area contributed by atoms with Crippen LogP contribution in [0.3, 0.4) is 0 Å². The second-order valence-corrected chi connectivity index (χ2v) is 9.40. The molecule has 4 aromatic rings. The number of aryl methyl sites for hydroxylation is 2. The van der Waals surface area contributed by atoms with Crippen molar-refractivity contribution in [3.8, 4) is 28.0 Å². The van der Waals surface area contributed by atoms with Crippen LogP contribution in [0.5, 0.6) is 5.75 Å². The molecule has 1 aliphatic rings. The fourth-order valence-corrected chi connectivity index (χ4v) is 4.79. The van der Waals surface area contributed by atoms with Crippen LogP contribution in [0.2, 0.25) is 0 Å². The number of hydrogen-bond donors (Lipinski definition) is 4. The van der Waals surface area contributed by atoms with Crippen molar-refractivity contribution in [3.05, 3.63) is 101 Å². The molecule has 7 nitrogen and oxygen atoms in total. The number of rotatable bonds is 5. The van der Waals surface area contributed by atoms with Gasteiger partial charge in [-0.15, -0.1) is 0 Å². The van der Waals surface area contributed by atoms with Gasteiger partial charge < -0.3 is 15.5 Å². The van der Waals surface area contributed by atoms with E-state index in [1.807, 2.05) is 6.07 Å². The van der Waals surface area contributed by atoms with Gasteiger partial charge in [-0.05, 0) is 55.3 Å². The number of carboxylic acids is 1. The Morgan fingerprint density at radius 1 is 0.900 bits per heavy atom. The monoisotopic (exact) mass is 545 g/mol. The quantitative estimate of drug-likeness (QED) is 0.162. The van der Waals surface area contributed by atoms with Crippen molar-refractivity contribution >= 4 is 29.0 Å². The Balaban J connectivity index is 1.57. The van der Waals surface area contributed by atoms with E-state index in [0.717, 1.165) is 17.2 Å². The van der Waals surface area contributed by atoms with Gasteiger partial charge in [-0.1, -0.05) is 53.6 Å². The van der Waals surface area contributed by atoms with Crippen LogP contribution >= 0.6 is 0 Å². The van der Waals surface area contributed by atoms with Crippen LogP contribution < -0.4 is 10.7 Å². The average Bonchev–Trinajstić information content (AvgIpc) is 3.21. The second-order valence-electron chi connectivity index (χ2n) is 9.40. The normalized spacial score (nSPS) is 13.7. The first-order chi connectivity index (χ1) is 18.9. The van der Waals surface area contributed by atoms with E-state index in [1.54, 1.807) is 50.2 Å². The fraction of sp³-hybridized carbons (Fsp3) is 0.100. The lowest BCUT2D eigenvalue weighted by Crippen LogP contribution is -2.16. The number of halogens is 3. The lowest BCUT2D eigenvalue weighted by Gasteiger charge is -2.17. The summed E-state index contributed by atoms with van der Waals surface area (Å²) >= 11 is 0. The van der Waals surface area contributed by atoms with E-state index in [0.29, 0.717) is 16.7 Å². The third-order valence-corrected chi connectivity index (χ3v) is 6.47. The Hall–Kier alpha value is -5.12. The number of amides is 1. The standard InChI is InChI=1S/C30H22F3N3O4/c1-15-11-16(2)13-19(12-15)24-22(30(31,32)33)10-9-21-25(24)34-28(38)26(21)36-35-23-8-4-7-20(27(23)37)17-5-3-6-18(14-17)29(39)40/h3-14,35,37H,1-2H3,(H,39,40)(H,34,36,38). The molecule has 0 unspecified atom stereocenters. The molecule has 0 bridgehead atoms. The zero-order chi connectivity index (χ0) is 28.8. The van der Waals surface area contributed by atoms with Gasteiger partial charge >= 0.3 is 12.1 Å². The SMILES string of the molecule is Cc1cc(C)cc(-c2c(C(F)(F)F)ccc3c2NC(=O)C3=NNc2cccc(-c3cccc(C(=O)O)c3)c2O)c1. The molecule has 4 aromatic carbocycles. The van der Waals surface area contributed by atoms with E-state index in [2.05, 4.69) is 15.8 Å². The summed E-state index contributed by atoms with van der Waals surface area (Å²) in [6.07, 6.45) is -4.67. The number of para-hydroxylation sites is 1.